The monoisotopic (exact) mass is 382 g/mol. The Balaban J connectivity index is 1.31. The zero-order valence-electron chi connectivity index (χ0n) is 17.9. The number of nitrogens with zero attached hydrogens (tertiary/aromatic N) is 2. The zero-order valence-corrected chi connectivity index (χ0v) is 17.9. The van der Waals surface area contributed by atoms with E-state index in [1.165, 1.54) is 57.8 Å². The fraction of sp³-hybridized carbons (Fsp3) is 0.840. The highest BCUT2D eigenvalue weighted by Gasteiger charge is 2.58. The van der Waals surface area contributed by atoms with Crippen LogP contribution in [0.2, 0.25) is 0 Å². The number of hydrogen-bond donors (Lipinski definition) is 0. The number of carbonyl (C=O) groups is 1. The average molecular weight is 383 g/mol. The number of carbonyl (C=O) groups excluding carboxylic acids is 1. The number of rotatable bonds is 4. The van der Waals surface area contributed by atoms with Gasteiger partial charge in [-0.15, -0.1) is 0 Å². The molecule has 3 nitrogen and oxygen atoms in total. The summed E-state index contributed by atoms with van der Waals surface area (Å²) < 4.78 is 1.82. The first-order valence-electron chi connectivity index (χ1n) is 12.1. The summed E-state index contributed by atoms with van der Waals surface area (Å²) in [6.45, 7) is 5.34. The minimum atomic E-state index is 0.249. The van der Waals surface area contributed by atoms with Gasteiger partial charge in [0.15, 0.2) is 5.78 Å². The standard InChI is InChI=1S/C25H38N2O/c1-3-17-5-7-19-18(15-17)6-8-21-20(19)11-12-25(2)22(21)9-10-23(25)24(28)16-27-14-4-13-26-27/h4,13-14,17-23H,3,5-12,15-16H2,1-2H3/t17?,18-,19+,20?,21-,22?,23-,25+/m1/s1. The first kappa shape index (κ1) is 18.9. The van der Waals surface area contributed by atoms with Gasteiger partial charge in [-0.2, -0.15) is 5.10 Å². The Bertz CT molecular complexity index is 697. The van der Waals surface area contributed by atoms with Gasteiger partial charge in [0.1, 0.15) is 0 Å². The summed E-state index contributed by atoms with van der Waals surface area (Å²) >= 11 is 0. The van der Waals surface area contributed by atoms with Crippen LogP contribution in [0.3, 0.4) is 0 Å². The molecular weight excluding hydrogens is 344 g/mol. The van der Waals surface area contributed by atoms with Gasteiger partial charge in [-0.3, -0.25) is 9.48 Å². The number of ketones is 1. The molecule has 8 atom stereocenters. The molecule has 28 heavy (non-hydrogen) atoms. The summed E-state index contributed by atoms with van der Waals surface area (Å²) in [5, 5.41) is 4.27. The normalized spacial score (nSPS) is 45.1. The van der Waals surface area contributed by atoms with E-state index < -0.39 is 0 Å². The van der Waals surface area contributed by atoms with Crippen LogP contribution in [-0.4, -0.2) is 15.6 Å². The van der Waals surface area contributed by atoms with E-state index in [2.05, 4.69) is 18.9 Å². The number of Topliss-reactive ketones (excluding diaryl/α,β-unsaturated/α-hetero) is 1. The van der Waals surface area contributed by atoms with Crippen molar-refractivity contribution in [3.8, 4) is 0 Å². The van der Waals surface area contributed by atoms with Gasteiger partial charge in [0.05, 0.1) is 6.54 Å². The van der Waals surface area contributed by atoms with Crippen molar-refractivity contribution < 1.29 is 4.79 Å². The zero-order chi connectivity index (χ0) is 19.3. The Morgan fingerprint density at radius 1 is 1.07 bits per heavy atom. The molecule has 3 heteroatoms. The minimum Gasteiger partial charge on any atom is -0.297 e. The van der Waals surface area contributed by atoms with Crippen molar-refractivity contribution in [2.24, 2.45) is 46.8 Å². The van der Waals surface area contributed by atoms with Gasteiger partial charge in [-0.05, 0) is 98.4 Å². The molecule has 0 N–H and O–H groups in total. The molecule has 0 aliphatic heterocycles. The van der Waals surface area contributed by atoms with E-state index in [0.29, 0.717) is 12.3 Å². The molecule has 4 aliphatic carbocycles. The van der Waals surface area contributed by atoms with Crippen molar-refractivity contribution >= 4 is 5.78 Å². The van der Waals surface area contributed by atoms with Crippen LogP contribution in [0.1, 0.15) is 78.1 Å². The second kappa shape index (κ2) is 7.29. The molecule has 4 aliphatic rings. The van der Waals surface area contributed by atoms with Crippen LogP contribution in [0.4, 0.5) is 0 Å². The molecular formula is C25H38N2O. The molecule has 0 aromatic carbocycles. The van der Waals surface area contributed by atoms with Gasteiger partial charge >= 0.3 is 0 Å². The third kappa shape index (κ3) is 2.99. The van der Waals surface area contributed by atoms with Crippen LogP contribution in [0.15, 0.2) is 18.5 Å². The Labute approximate surface area is 170 Å². The second-order valence-corrected chi connectivity index (χ2v) is 10.9. The quantitative estimate of drug-likeness (QED) is 0.665. The van der Waals surface area contributed by atoms with Crippen LogP contribution >= 0.6 is 0 Å². The maximum absolute atomic E-state index is 13.2. The second-order valence-electron chi connectivity index (χ2n) is 10.9. The Hall–Kier alpha value is -1.12. The first-order valence-corrected chi connectivity index (χ1v) is 12.1. The van der Waals surface area contributed by atoms with Crippen molar-refractivity contribution in [1.82, 2.24) is 9.78 Å². The number of aromatic nitrogens is 2. The lowest BCUT2D eigenvalue weighted by molar-refractivity contribution is -0.131. The van der Waals surface area contributed by atoms with E-state index in [4.69, 9.17) is 0 Å². The summed E-state index contributed by atoms with van der Waals surface area (Å²) in [6, 6.07) is 1.92. The van der Waals surface area contributed by atoms with Crippen molar-refractivity contribution in [3.05, 3.63) is 18.5 Å². The van der Waals surface area contributed by atoms with Crippen molar-refractivity contribution in [1.29, 1.82) is 0 Å². The molecule has 0 bridgehead atoms. The molecule has 1 heterocycles. The molecule has 0 radical (unpaired) electrons. The lowest BCUT2D eigenvalue weighted by atomic mass is 9.49. The summed E-state index contributed by atoms with van der Waals surface area (Å²) in [6.07, 6.45) is 17.6. The first-order chi connectivity index (χ1) is 13.6. The molecule has 4 saturated carbocycles. The lowest BCUT2D eigenvalue weighted by Gasteiger charge is -2.56. The SMILES string of the molecule is CCC1CC[C@@H]2C3CC[C@@]4(C)C(CC[C@@H]4C(=O)Cn4cccn4)[C@@H]3CC[C@@H]2C1. The highest BCUT2D eigenvalue weighted by molar-refractivity contribution is 5.82. The highest BCUT2D eigenvalue weighted by atomic mass is 16.1. The van der Waals surface area contributed by atoms with Gasteiger partial charge < -0.3 is 0 Å². The Morgan fingerprint density at radius 3 is 2.71 bits per heavy atom. The van der Waals surface area contributed by atoms with Crippen LogP contribution in [0.25, 0.3) is 0 Å². The molecule has 3 unspecified atom stereocenters. The number of fused-ring (bicyclic) bond motifs is 5. The van der Waals surface area contributed by atoms with Gasteiger partial charge in [0.2, 0.25) is 0 Å². The minimum absolute atomic E-state index is 0.249. The van der Waals surface area contributed by atoms with Crippen LogP contribution in [0, 0.1) is 46.8 Å². The maximum Gasteiger partial charge on any atom is 0.157 e. The summed E-state index contributed by atoms with van der Waals surface area (Å²) in [5.41, 5.74) is 0.249. The topological polar surface area (TPSA) is 34.9 Å². The van der Waals surface area contributed by atoms with Gasteiger partial charge in [0, 0.05) is 18.3 Å². The molecule has 154 valence electrons. The Morgan fingerprint density at radius 2 is 1.93 bits per heavy atom. The third-order valence-corrected chi connectivity index (χ3v) is 9.91. The predicted molar refractivity (Wildman–Crippen MR) is 112 cm³/mol. The molecule has 5 rings (SSSR count). The lowest BCUT2D eigenvalue weighted by Crippen LogP contribution is -2.49. The van der Waals surface area contributed by atoms with E-state index in [0.717, 1.165) is 41.9 Å². The van der Waals surface area contributed by atoms with Crippen LogP contribution < -0.4 is 0 Å². The summed E-state index contributed by atoms with van der Waals surface area (Å²) in [7, 11) is 0. The van der Waals surface area contributed by atoms with Gasteiger partial charge in [-0.25, -0.2) is 0 Å². The van der Waals surface area contributed by atoms with Crippen molar-refractivity contribution in [2.75, 3.05) is 0 Å². The van der Waals surface area contributed by atoms with Gasteiger partial charge in [0.25, 0.3) is 0 Å². The molecule has 1 aromatic rings. The molecule has 0 saturated heterocycles. The highest BCUT2D eigenvalue weighted by Crippen LogP contribution is 2.64. The summed E-state index contributed by atoms with van der Waals surface area (Å²) in [5.74, 6) is 6.38. The molecule has 4 fully saturated rings. The van der Waals surface area contributed by atoms with Crippen molar-refractivity contribution in [3.63, 3.8) is 0 Å². The van der Waals surface area contributed by atoms with Crippen LogP contribution in [0.5, 0.6) is 0 Å². The molecule has 0 spiro atoms. The van der Waals surface area contributed by atoms with E-state index in [9.17, 15) is 4.79 Å². The van der Waals surface area contributed by atoms with E-state index in [1.807, 2.05) is 16.9 Å². The van der Waals surface area contributed by atoms with E-state index >= 15 is 0 Å². The summed E-state index contributed by atoms with van der Waals surface area (Å²) in [4.78, 5) is 13.2. The van der Waals surface area contributed by atoms with Crippen molar-refractivity contribution in [2.45, 2.75) is 84.6 Å². The largest absolute Gasteiger partial charge is 0.297 e. The Kier molecular flexibility index (Phi) is 4.92. The predicted octanol–water partition coefficient (Wildman–Crippen LogP) is 5.75. The van der Waals surface area contributed by atoms with Gasteiger partial charge in [-0.1, -0.05) is 26.7 Å². The third-order valence-electron chi connectivity index (χ3n) is 9.91. The smallest absolute Gasteiger partial charge is 0.157 e. The molecule has 0 amide bonds. The fourth-order valence-corrected chi connectivity index (χ4v) is 8.51. The van der Waals surface area contributed by atoms with E-state index in [-0.39, 0.29) is 11.3 Å². The van der Waals surface area contributed by atoms with E-state index in [1.54, 1.807) is 6.20 Å². The average Bonchev–Trinajstić information content (AvgIpc) is 3.34. The molecule has 1 aromatic heterocycles. The fourth-order valence-electron chi connectivity index (χ4n) is 8.51. The number of hydrogen-bond acceptors (Lipinski definition) is 2. The van der Waals surface area contributed by atoms with Crippen LogP contribution in [-0.2, 0) is 11.3 Å². The maximum atomic E-state index is 13.2.